The Hall–Kier alpha value is -2.05. The summed E-state index contributed by atoms with van der Waals surface area (Å²) in [5, 5.41) is 0. The quantitative estimate of drug-likeness (QED) is 0.842. The van der Waals surface area contributed by atoms with Crippen molar-refractivity contribution < 1.29 is 17.9 Å². The lowest BCUT2D eigenvalue weighted by molar-refractivity contribution is 0.348. The lowest BCUT2D eigenvalue weighted by atomic mass is 9.99. The van der Waals surface area contributed by atoms with Gasteiger partial charge >= 0.3 is 0 Å². The monoisotopic (exact) mass is 359 g/mol. The van der Waals surface area contributed by atoms with Gasteiger partial charge in [0, 0.05) is 43.1 Å². The molecule has 0 aromatic heterocycles. The van der Waals surface area contributed by atoms with Crippen molar-refractivity contribution in [3.63, 3.8) is 0 Å². The Labute approximate surface area is 148 Å². The van der Waals surface area contributed by atoms with Crippen LogP contribution in [0.3, 0.4) is 0 Å². The van der Waals surface area contributed by atoms with Crippen molar-refractivity contribution in [3.05, 3.63) is 52.6 Å². The Balaban J connectivity index is 1.73. The molecule has 0 atom stereocenters. The molecule has 0 unspecified atom stereocenters. The molecule has 2 heterocycles. The Morgan fingerprint density at radius 2 is 1.88 bits per heavy atom. The van der Waals surface area contributed by atoms with Gasteiger partial charge in [-0.15, -0.1) is 0 Å². The van der Waals surface area contributed by atoms with Crippen molar-refractivity contribution in [2.75, 3.05) is 20.3 Å². The van der Waals surface area contributed by atoms with Crippen molar-refractivity contribution in [2.24, 2.45) is 0 Å². The highest BCUT2D eigenvalue weighted by atomic mass is 32.2. The molecular formula is C19H21NO4S. The van der Waals surface area contributed by atoms with E-state index in [0.717, 1.165) is 46.6 Å². The maximum absolute atomic E-state index is 13.0. The summed E-state index contributed by atoms with van der Waals surface area (Å²) in [5.74, 6) is 1.72. The van der Waals surface area contributed by atoms with Gasteiger partial charge in [0.15, 0.2) is 0 Å². The number of rotatable bonds is 4. The highest BCUT2D eigenvalue weighted by Gasteiger charge is 2.30. The van der Waals surface area contributed by atoms with Gasteiger partial charge in [-0.2, -0.15) is 4.31 Å². The molecule has 0 spiro atoms. The SMILES string of the molecule is Cc1ccccc1S(=O)(=O)N(C)Cc1c2c(cc3c1OCC3)OCC2. The third kappa shape index (κ3) is 2.69. The number of benzene rings is 2. The molecule has 0 aliphatic carbocycles. The fraction of sp³-hybridized carbons (Fsp3) is 0.368. The normalized spacial score (nSPS) is 15.6. The minimum atomic E-state index is -3.57. The van der Waals surface area contributed by atoms with Crippen LogP contribution in [-0.4, -0.2) is 33.0 Å². The van der Waals surface area contributed by atoms with Crippen molar-refractivity contribution in [3.8, 4) is 11.5 Å². The molecule has 25 heavy (non-hydrogen) atoms. The van der Waals surface area contributed by atoms with Crippen LogP contribution < -0.4 is 9.47 Å². The number of aryl methyl sites for hydroxylation is 1. The van der Waals surface area contributed by atoms with Crippen LogP contribution in [0.1, 0.15) is 22.3 Å². The lowest BCUT2D eigenvalue weighted by Crippen LogP contribution is -2.27. The smallest absolute Gasteiger partial charge is 0.243 e. The van der Waals surface area contributed by atoms with Crippen LogP contribution in [0, 0.1) is 6.92 Å². The van der Waals surface area contributed by atoms with E-state index in [4.69, 9.17) is 9.47 Å². The van der Waals surface area contributed by atoms with Crippen molar-refractivity contribution in [1.29, 1.82) is 0 Å². The maximum Gasteiger partial charge on any atom is 0.243 e. The number of ether oxygens (including phenoxy) is 2. The summed E-state index contributed by atoms with van der Waals surface area (Å²) < 4.78 is 39.0. The summed E-state index contributed by atoms with van der Waals surface area (Å²) in [4.78, 5) is 0.346. The average molecular weight is 359 g/mol. The molecule has 0 fully saturated rings. The van der Waals surface area contributed by atoms with Crippen molar-refractivity contribution >= 4 is 10.0 Å². The fourth-order valence-electron chi connectivity index (χ4n) is 3.57. The predicted molar refractivity (Wildman–Crippen MR) is 94.7 cm³/mol. The molecule has 0 radical (unpaired) electrons. The zero-order valence-corrected chi connectivity index (χ0v) is 15.2. The van der Waals surface area contributed by atoms with Gasteiger partial charge < -0.3 is 9.47 Å². The van der Waals surface area contributed by atoms with Crippen LogP contribution in [0.25, 0.3) is 0 Å². The third-order valence-corrected chi connectivity index (χ3v) is 6.89. The average Bonchev–Trinajstić information content (AvgIpc) is 3.23. The molecule has 6 heteroatoms. The molecule has 0 N–H and O–H groups in total. The van der Waals surface area contributed by atoms with Gasteiger partial charge in [0.1, 0.15) is 11.5 Å². The van der Waals surface area contributed by atoms with Crippen molar-refractivity contribution in [2.45, 2.75) is 31.2 Å². The zero-order valence-electron chi connectivity index (χ0n) is 14.4. The summed E-state index contributed by atoms with van der Waals surface area (Å²) in [7, 11) is -1.94. The molecule has 5 nitrogen and oxygen atoms in total. The van der Waals surface area contributed by atoms with Crippen LogP contribution in [0.15, 0.2) is 35.2 Å². The summed E-state index contributed by atoms with van der Waals surface area (Å²) in [6.07, 6.45) is 1.63. The van der Waals surface area contributed by atoms with Gasteiger partial charge in [-0.1, -0.05) is 18.2 Å². The molecule has 0 bridgehead atoms. The van der Waals surface area contributed by atoms with E-state index in [0.29, 0.717) is 18.1 Å². The first kappa shape index (κ1) is 16.4. The number of nitrogens with zero attached hydrogens (tertiary/aromatic N) is 1. The standard InChI is InChI=1S/C19H21NO4S/c1-13-5-3-4-6-18(13)25(21,22)20(2)12-16-15-8-10-23-17(15)11-14-7-9-24-19(14)16/h3-6,11H,7-10,12H2,1-2H3. The van der Waals surface area contributed by atoms with Gasteiger partial charge in [0.05, 0.1) is 18.1 Å². The summed E-state index contributed by atoms with van der Waals surface area (Å²) in [5.41, 5.74) is 3.88. The van der Waals surface area contributed by atoms with E-state index in [2.05, 4.69) is 0 Å². The molecule has 4 rings (SSSR count). The summed E-state index contributed by atoms with van der Waals surface area (Å²) >= 11 is 0. The minimum absolute atomic E-state index is 0.283. The van der Waals surface area contributed by atoms with E-state index in [1.54, 1.807) is 19.2 Å². The fourth-order valence-corrected chi connectivity index (χ4v) is 4.93. The molecule has 132 valence electrons. The Morgan fingerprint density at radius 3 is 2.68 bits per heavy atom. The molecule has 2 aromatic carbocycles. The predicted octanol–water partition coefficient (Wildman–Crippen LogP) is 2.69. The van der Waals surface area contributed by atoms with Crippen LogP contribution in [-0.2, 0) is 29.4 Å². The highest BCUT2D eigenvalue weighted by Crippen LogP contribution is 2.41. The number of hydrogen-bond acceptors (Lipinski definition) is 4. The molecule has 2 aliphatic heterocycles. The van der Waals surface area contributed by atoms with E-state index < -0.39 is 10.0 Å². The van der Waals surface area contributed by atoms with E-state index in [1.807, 2.05) is 25.1 Å². The summed E-state index contributed by atoms with van der Waals surface area (Å²) in [6.45, 7) is 3.38. The molecule has 0 saturated carbocycles. The van der Waals surface area contributed by atoms with Crippen LogP contribution in [0.2, 0.25) is 0 Å². The second-order valence-corrected chi connectivity index (χ2v) is 8.56. The first-order chi connectivity index (χ1) is 12.0. The largest absolute Gasteiger partial charge is 0.493 e. The highest BCUT2D eigenvalue weighted by molar-refractivity contribution is 7.89. The lowest BCUT2D eigenvalue weighted by Gasteiger charge is -2.21. The number of sulfonamides is 1. The van der Waals surface area contributed by atoms with Crippen molar-refractivity contribution in [1.82, 2.24) is 4.31 Å². The molecule has 0 saturated heterocycles. The van der Waals surface area contributed by atoms with Gasteiger partial charge in [0.2, 0.25) is 10.0 Å². The van der Waals surface area contributed by atoms with Crippen LogP contribution in [0.5, 0.6) is 11.5 Å². The van der Waals surface area contributed by atoms with Gasteiger partial charge in [-0.3, -0.25) is 0 Å². The van der Waals surface area contributed by atoms with Gasteiger partial charge in [-0.05, 0) is 24.6 Å². The molecular weight excluding hydrogens is 338 g/mol. The van der Waals surface area contributed by atoms with Gasteiger partial charge in [-0.25, -0.2) is 8.42 Å². The van der Waals surface area contributed by atoms with E-state index in [9.17, 15) is 8.42 Å². The number of fused-ring (bicyclic) bond motifs is 2. The van der Waals surface area contributed by atoms with E-state index in [-0.39, 0.29) is 6.54 Å². The van der Waals surface area contributed by atoms with Crippen LogP contribution >= 0.6 is 0 Å². The minimum Gasteiger partial charge on any atom is -0.493 e. The topological polar surface area (TPSA) is 55.8 Å². The van der Waals surface area contributed by atoms with E-state index in [1.165, 1.54) is 4.31 Å². The molecule has 0 amide bonds. The second-order valence-electron chi connectivity index (χ2n) is 6.54. The first-order valence-corrected chi connectivity index (χ1v) is 9.87. The van der Waals surface area contributed by atoms with Gasteiger partial charge in [0.25, 0.3) is 0 Å². The summed E-state index contributed by atoms with van der Waals surface area (Å²) in [6, 6.07) is 9.11. The Kier molecular flexibility index (Phi) is 3.96. The third-order valence-electron chi connectivity index (χ3n) is 4.92. The maximum atomic E-state index is 13.0. The first-order valence-electron chi connectivity index (χ1n) is 8.43. The number of hydrogen-bond donors (Lipinski definition) is 0. The van der Waals surface area contributed by atoms with Crippen LogP contribution in [0.4, 0.5) is 0 Å². The molecule has 2 aliphatic rings. The second kappa shape index (κ2) is 6.04. The molecule has 2 aromatic rings. The zero-order chi connectivity index (χ0) is 17.6. The van der Waals surface area contributed by atoms with E-state index >= 15 is 0 Å². The Bertz CT molecular complexity index is 904. The Morgan fingerprint density at radius 1 is 1.12 bits per heavy atom.